The van der Waals surface area contributed by atoms with Crippen molar-refractivity contribution < 1.29 is 9.72 Å². The lowest BCUT2D eigenvalue weighted by Gasteiger charge is -2.00. The van der Waals surface area contributed by atoms with Crippen molar-refractivity contribution in [3.05, 3.63) is 107 Å². The largest absolute Gasteiger partial charge is 0.271 e. The molecule has 2 aromatic carbocycles. The van der Waals surface area contributed by atoms with Crippen molar-refractivity contribution in [1.29, 1.82) is 0 Å². The Kier molecular flexibility index (Phi) is 5.57. The number of hydrazone groups is 1. The minimum absolute atomic E-state index is 0.138. The van der Waals surface area contributed by atoms with Gasteiger partial charge < -0.3 is 0 Å². The maximum Gasteiger partial charge on any atom is 0.271 e. The average molecular weight is 412 g/mol. The van der Waals surface area contributed by atoms with Gasteiger partial charge >= 0.3 is 0 Å². The van der Waals surface area contributed by atoms with Gasteiger partial charge in [-0.1, -0.05) is 24.3 Å². The van der Waals surface area contributed by atoms with Gasteiger partial charge in [-0.3, -0.25) is 19.9 Å². The van der Waals surface area contributed by atoms with E-state index in [1.807, 2.05) is 42.5 Å². The number of non-ortho nitro benzene ring substituents is 1. The molecule has 0 radical (unpaired) electrons. The molecule has 0 atom stereocenters. The maximum absolute atomic E-state index is 12.3. The molecule has 0 aliphatic rings. The number of hydrogen-bond donors (Lipinski definition) is 1. The third-order valence-corrected chi connectivity index (χ3v) is 4.39. The van der Waals surface area contributed by atoms with Crippen molar-refractivity contribution in [3.63, 3.8) is 0 Å². The molecule has 0 aliphatic heterocycles. The predicted molar refractivity (Wildman–Crippen MR) is 115 cm³/mol. The second-order valence-corrected chi connectivity index (χ2v) is 6.46. The summed E-state index contributed by atoms with van der Waals surface area (Å²) >= 11 is 0. The van der Waals surface area contributed by atoms with Crippen LogP contribution in [0.4, 0.5) is 5.69 Å². The first-order valence-electron chi connectivity index (χ1n) is 9.25. The lowest BCUT2D eigenvalue weighted by molar-refractivity contribution is -0.384. The van der Waals surface area contributed by atoms with Gasteiger partial charge in [-0.05, 0) is 30.3 Å². The zero-order chi connectivity index (χ0) is 21.6. The van der Waals surface area contributed by atoms with Crippen LogP contribution < -0.4 is 5.43 Å². The van der Waals surface area contributed by atoms with Gasteiger partial charge in [0.25, 0.3) is 11.6 Å². The van der Waals surface area contributed by atoms with Crippen LogP contribution in [0.1, 0.15) is 15.9 Å². The Balaban J connectivity index is 1.60. The third kappa shape index (κ3) is 4.51. The number of nitrogens with one attached hydrogen (secondary N) is 1. The molecular formula is C22H16N6O3. The highest BCUT2D eigenvalue weighted by atomic mass is 16.6. The smallest absolute Gasteiger partial charge is 0.267 e. The fraction of sp³-hybridized carbons (Fsp3) is 0. The van der Waals surface area contributed by atoms with E-state index in [2.05, 4.69) is 20.6 Å². The Bertz CT molecular complexity index is 1250. The van der Waals surface area contributed by atoms with E-state index in [0.717, 1.165) is 11.3 Å². The van der Waals surface area contributed by atoms with E-state index in [4.69, 9.17) is 0 Å². The molecule has 0 saturated heterocycles. The van der Waals surface area contributed by atoms with Gasteiger partial charge in [0.15, 0.2) is 0 Å². The van der Waals surface area contributed by atoms with Gasteiger partial charge in [0.2, 0.25) is 0 Å². The van der Waals surface area contributed by atoms with Crippen LogP contribution in [-0.4, -0.2) is 31.8 Å². The molecule has 2 heterocycles. The average Bonchev–Trinajstić information content (AvgIpc) is 3.24. The molecule has 0 unspecified atom stereocenters. The molecule has 9 heteroatoms. The summed E-state index contributed by atoms with van der Waals surface area (Å²) in [6, 6.07) is 18.7. The molecule has 31 heavy (non-hydrogen) atoms. The molecular weight excluding hydrogens is 396 g/mol. The maximum atomic E-state index is 12.3. The standard InChI is InChI=1S/C22H16N6O3/c29-22(16-6-4-10-20(12-16)28(30)31)25-24-14-18-15-27(19-8-2-1-3-9-19)26-21(18)17-7-5-11-23-13-17/h1-15H,(H,25,29)/b24-14-. The molecule has 0 saturated carbocycles. The number of aromatic nitrogens is 3. The molecule has 2 aromatic heterocycles. The third-order valence-electron chi connectivity index (χ3n) is 4.39. The zero-order valence-electron chi connectivity index (χ0n) is 16.1. The number of para-hydroxylation sites is 1. The molecule has 0 bridgehead atoms. The van der Waals surface area contributed by atoms with E-state index >= 15 is 0 Å². The number of nitrogens with zero attached hydrogens (tertiary/aromatic N) is 5. The zero-order valence-corrected chi connectivity index (χ0v) is 16.1. The lowest BCUT2D eigenvalue weighted by atomic mass is 10.1. The Morgan fingerprint density at radius 1 is 1.10 bits per heavy atom. The Hall–Kier alpha value is -4.66. The number of benzene rings is 2. The van der Waals surface area contributed by atoms with Crippen molar-refractivity contribution >= 4 is 17.8 Å². The van der Waals surface area contributed by atoms with Gasteiger partial charge in [0.05, 0.1) is 16.8 Å². The van der Waals surface area contributed by atoms with E-state index in [0.29, 0.717) is 11.3 Å². The molecule has 152 valence electrons. The number of nitro groups is 1. The first kappa shape index (κ1) is 19.6. The summed E-state index contributed by atoms with van der Waals surface area (Å²) in [5, 5.41) is 19.5. The van der Waals surface area contributed by atoms with Gasteiger partial charge in [0, 0.05) is 47.4 Å². The van der Waals surface area contributed by atoms with Crippen LogP contribution in [-0.2, 0) is 0 Å². The van der Waals surface area contributed by atoms with Crippen molar-refractivity contribution in [1.82, 2.24) is 20.2 Å². The number of carbonyl (C=O) groups is 1. The molecule has 9 nitrogen and oxygen atoms in total. The number of amides is 1. The van der Waals surface area contributed by atoms with Gasteiger partial charge in [-0.15, -0.1) is 0 Å². The SMILES string of the molecule is O=C(N/N=C\c1cn(-c2ccccc2)nc1-c1cccnc1)c1cccc([N+](=O)[O-])c1. The van der Waals surface area contributed by atoms with E-state index in [9.17, 15) is 14.9 Å². The van der Waals surface area contributed by atoms with Crippen molar-refractivity contribution in [3.8, 4) is 16.9 Å². The number of carbonyl (C=O) groups excluding carboxylic acids is 1. The second-order valence-electron chi connectivity index (χ2n) is 6.46. The quantitative estimate of drug-likeness (QED) is 0.295. The first-order valence-corrected chi connectivity index (χ1v) is 9.25. The van der Waals surface area contributed by atoms with Gasteiger partial charge in [0.1, 0.15) is 5.69 Å². The monoisotopic (exact) mass is 412 g/mol. The molecule has 0 spiro atoms. The van der Waals surface area contributed by atoms with E-state index in [1.165, 1.54) is 30.5 Å². The van der Waals surface area contributed by atoms with Gasteiger partial charge in [-0.2, -0.15) is 10.2 Å². The summed E-state index contributed by atoms with van der Waals surface area (Å²) in [7, 11) is 0. The number of hydrogen-bond acceptors (Lipinski definition) is 6. The highest BCUT2D eigenvalue weighted by Gasteiger charge is 2.13. The van der Waals surface area contributed by atoms with Crippen LogP contribution in [0, 0.1) is 10.1 Å². The van der Waals surface area contributed by atoms with Gasteiger partial charge in [-0.25, -0.2) is 10.1 Å². The Morgan fingerprint density at radius 3 is 2.68 bits per heavy atom. The van der Waals surface area contributed by atoms with Crippen molar-refractivity contribution in [2.45, 2.75) is 0 Å². The normalized spacial score (nSPS) is 10.8. The van der Waals surface area contributed by atoms with Crippen LogP contribution in [0.15, 0.2) is 90.4 Å². The minimum Gasteiger partial charge on any atom is -0.267 e. The molecule has 4 rings (SSSR count). The van der Waals surface area contributed by atoms with Crippen LogP contribution in [0.2, 0.25) is 0 Å². The molecule has 1 amide bonds. The summed E-state index contributed by atoms with van der Waals surface area (Å²) in [6.07, 6.45) is 6.63. The van der Waals surface area contributed by atoms with E-state index < -0.39 is 10.8 Å². The topological polar surface area (TPSA) is 115 Å². The summed E-state index contributed by atoms with van der Waals surface area (Å²) in [6.45, 7) is 0. The summed E-state index contributed by atoms with van der Waals surface area (Å²) in [5.41, 5.74) is 5.34. The number of rotatable bonds is 6. The van der Waals surface area contributed by atoms with Crippen LogP contribution in [0.25, 0.3) is 16.9 Å². The van der Waals surface area contributed by atoms with Crippen LogP contribution in [0.3, 0.4) is 0 Å². The van der Waals surface area contributed by atoms with Crippen LogP contribution >= 0.6 is 0 Å². The molecule has 0 aliphatic carbocycles. The van der Waals surface area contributed by atoms with E-state index in [1.54, 1.807) is 23.3 Å². The van der Waals surface area contributed by atoms with E-state index in [-0.39, 0.29) is 11.3 Å². The highest BCUT2D eigenvalue weighted by molar-refractivity contribution is 5.96. The van der Waals surface area contributed by atoms with Crippen molar-refractivity contribution in [2.75, 3.05) is 0 Å². The van der Waals surface area contributed by atoms with Crippen molar-refractivity contribution in [2.24, 2.45) is 5.10 Å². The minimum atomic E-state index is -0.557. The lowest BCUT2D eigenvalue weighted by Crippen LogP contribution is -2.17. The summed E-state index contributed by atoms with van der Waals surface area (Å²) in [5.74, 6) is -0.557. The van der Waals surface area contributed by atoms with Crippen LogP contribution in [0.5, 0.6) is 0 Å². The number of nitro benzene ring substituents is 1. The number of pyridine rings is 1. The fourth-order valence-corrected chi connectivity index (χ4v) is 2.91. The second kappa shape index (κ2) is 8.78. The summed E-state index contributed by atoms with van der Waals surface area (Å²) < 4.78 is 1.71. The first-order chi connectivity index (χ1) is 15.1. The molecule has 0 fully saturated rings. The molecule has 4 aromatic rings. The fourth-order valence-electron chi connectivity index (χ4n) is 2.91. The summed E-state index contributed by atoms with van der Waals surface area (Å²) in [4.78, 5) is 26.8. The Labute approximate surface area is 176 Å². The predicted octanol–water partition coefficient (Wildman–Crippen LogP) is 3.61. The Morgan fingerprint density at radius 2 is 1.94 bits per heavy atom. The highest BCUT2D eigenvalue weighted by Crippen LogP contribution is 2.21. The molecule has 1 N–H and O–H groups in total.